The summed E-state index contributed by atoms with van der Waals surface area (Å²) in [5.41, 5.74) is 1.69. The molecule has 2 nitrogen and oxygen atoms in total. The Kier molecular flexibility index (Phi) is 5.99. The van der Waals surface area contributed by atoms with Crippen LogP contribution in [-0.2, 0) is 16.0 Å². The lowest BCUT2D eigenvalue weighted by Gasteiger charge is -2.15. The van der Waals surface area contributed by atoms with E-state index in [0.29, 0.717) is 6.61 Å². The van der Waals surface area contributed by atoms with Crippen molar-refractivity contribution in [2.75, 3.05) is 6.61 Å². The van der Waals surface area contributed by atoms with Gasteiger partial charge in [0.2, 0.25) is 0 Å². The molecule has 3 heteroatoms. The first-order chi connectivity index (χ1) is 8.58. The summed E-state index contributed by atoms with van der Waals surface area (Å²) in [6.45, 7) is 6.31. The number of ketones is 1. The molecule has 1 rings (SSSR count). The van der Waals surface area contributed by atoms with Crippen LogP contribution < -0.4 is 0 Å². The molecular weight excluding hydrogens is 231 g/mol. The predicted molar refractivity (Wildman–Crippen MR) is 70.2 cm³/mol. The number of ether oxygens (including phenoxy) is 1. The Morgan fingerprint density at radius 1 is 1.39 bits per heavy atom. The van der Waals surface area contributed by atoms with E-state index < -0.39 is 0 Å². The molecule has 0 N–H and O–H groups in total. The lowest BCUT2D eigenvalue weighted by molar-refractivity contribution is -0.130. The van der Waals surface area contributed by atoms with Gasteiger partial charge in [0.15, 0.2) is 5.78 Å². The zero-order chi connectivity index (χ0) is 13.5. The van der Waals surface area contributed by atoms with Crippen molar-refractivity contribution in [3.63, 3.8) is 0 Å². The van der Waals surface area contributed by atoms with E-state index in [1.54, 1.807) is 6.07 Å². The van der Waals surface area contributed by atoms with E-state index in [1.807, 2.05) is 20.8 Å². The fraction of sp³-hybridized carbons (Fsp3) is 0.533. The van der Waals surface area contributed by atoms with Crippen LogP contribution in [0.4, 0.5) is 4.39 Å². The van der Waals surface area contributed by atoms with E-state index in [2.05, 4.69) is 0 Å². The van der Waals surface area contributed by atoms with E-state index in [4.69, 9.17) is 4.74 Å². The number of hydrogen-bond acceptors (Lipinski definition) is 2. The van der Waals surface area contributed by atoms with Crippen molar-refractivity contribution >= 4 is 5.78 Å². The molecule has 0 radical (unpaired) electrons. The summed E-state index contributed by atoms with van der Waals surface area (Å²) in [6, 6.07) is 4.55. The van der Waals surface area contributed by atoms with Gasteiger partial charge in [-0.1, -0.05) is 19.4 Å². The van der Waals surface area contributed by atoms with Gasteiger partial charge in [0.05, 0.1) is 0 Å². The van der Waals surface area contributed by atoms with Crippen molar-refractivity contribution in [2.45, 2.75) is 46.1 Å². The number of benzene rings is 1. The molecule has 1 unspecified atom stereocenters. The molecule has 0 bridgehead atoms. The fourth-order valence-corrected chi connectivity index (χ4v) is 1.93. The molecule has 0 spiro atoms. The highest BCUT2D eigenvalue weighted by atomic mass is 19.1. The molecular formula is C15H21FO2. The van der Waals surface area contributed by atoms with Gasteiger partial charge in [0.25, 0.3) is 0 Å². The van der Waals surface area contributed by atoms with Crippen molar-refractivity contribution in [1.82, 2.24) is 0 Å². The number of aryl methyl sites for hydroxylation is 1. The second-order valence-electron chi connectivity index (χ2n) is 4.45. The van der Waals surface area contributed by atoms with Gasteiger partial charge in [0, 0.05) is 13.0 Å². The van der Waals surface area contributed by atoms with Gasteiger partial charge in [-0.3, -0.25) is 4.79 Å². The standard InChI is InChI=1S/C15H21FO2/c1-4-6-15(18-5-2)14(17)10-12-9-13(16)8-7-11(12)3/h7-9,15H,4-6,10H2,1-3H3. The molecule has 0 fully saturated rings. The van der Waals surface area contributed by atoms with Crippen LogP contribution in [0.15, 0.2) is 18.2 Å². The minimum atomic E-state index is -0.359. The minimum absolute atomic E-state index is 0.0346. The molecule has 100 valence electrons. The van der Waals surface area contributed by atoms with Crippen LogP contribution >= 0.6 is 0 Å². The van der Waals surface area contributed by atoms with Gasteiger partial charge in [0.1, 0.15) is 11.9 Å². The van der Waals surface area contributed by atoms with Crippen LogP contribution in [0.3, 0.4) is 0 Å². The SMILES string of the molecule is CCCC(OCC)C(=O)Cc1cc(F)ccc1C. The van der Waals surface area contributed by atoms with E-state index in [1.165, 1.54) is 12.1 Å². The molecule has 1 aromatic carbocycles. The maximum atomic E-state index is 13.2. The van der Waals surface area contributed by atoms with Crippen LogP contribution in [0.2, 0.25) is 0 Å². The number of halogens is 1. The largest absolute Gasteiger partial charge is 0.371 e. The van der Waals surface area contributed by atoms with Crippen molar-refractivity contribution in [2.24, 2.45) is 0 Å². The summed E-state index contributed by atoms with van der Waals surface area (Å²) in [6.07, 6.45) is 1.51. The number of Topliss-reactive ketones (excluding diaryl/α,β-unsaturated/α-hetero) is 1. The Hall–Kier alpha value is -1.22. The number of carbonyl (C=O) groups excluding carboxylic acids is 1. The van der Waals surface area contributed by atoms with Gasteiger partial charge in [-0.25, -0.2) is 4.39 Å². The highest BCUT2D eigenvalue weighted by molar-refractivity contribution is 5.85. The Bertz CT molecular complexity index is 395. The van der Waals surface area contributed by atoms with Crippen molar-refractivity contribution in [1.29, 1.82) is 0 Å². The topological polar surface area (TPSA) is 26.3 Å². The maximum Gasteiger partial charge on any atom is 0.165 e. The average molecular weight is 252 g/mol. The van der Waals surface area contributed by atoms with E-state index in [-0.39, 0.29) is 24.1 Å². The Labute approximate surface area is 108 Å². The highest BCUT2D eigenvalue weighted by Crippen LogP contribution is 2.14. The molecule has 0 heterocycles. The summed E-state index contributed by atoms with van der Waals surface area (Å²) in [5.74, 6) is -0.265. The smallest absolute Gasteiger partial charge is 0.165 e. The highest BCUT2D eigenvalue weighted by Gasteiger charge is 2.18. The third-order valence-corrected chi connectivity index (χ3v) is 2.95. The minimum Gasteiger partial charge on any atom is -0.371 e. The lowest BCUT2D eigenvalue weighted by atomic mass is 9.99. The third-order valence-electron chi connectivity index (χ3n) is 2.95. The first-order valence-corrected chi connectivity index (χ1v) is 6.47. The van der Waals surface area contributed by atoms with Crippen LogP contribution in [0, 0.1) is 12.7 Å². The van der Waals surface area contributed by atoms with E-state index in [9.17, 15) is 9.18 Å². The fourth-order valence-electron chi connectivity index (χ4n) is 1.93. The average Bonchev–Trinajstić information content (AvgIpc) is 2.33. The Morgan fingerprint density at radius 2 is 2.11 bits per heavy atom. The Balaban J connectivity index is 2.75. The second-order valence-corrected chi connectivity index (χ2v) is 4.45. The van der Waals surface area contributed by atoms with Crippen LogP contribution in [-0.4, -0.2) is 18.5 Å². The molecule has 18 heavy (non-hydrogen) atoms. The summed E-state index contributed by atoms with van der Waals surface area (Å²) in [5, 5.41) is 0. The number of rotatable bonds is 7. The van der Waals surface area contributed by atoms with Gasteiger partial charge in [-0.05, 0) is 43.5 Å². The molecule has 0 aromatic heterocycles. The normalized spacial score (nSPS) is 12.4. The first-order valence-electron chi connectivity index (χ1n) is 6.47. The molecule has 0 aliphatic carbocycles. The second kappa shape index (κ2) is 7.27. The Morgan fingerprint density at radius 3 is 2.72 bits per heavy atom. The summed E-state index contributed by atoms with van der Waals surface area (Å²) >= 11 is 0. The van der Waals surface area contributed by atoms with Crippen LogP contribution in [0.25, 0.3) is 0 Å². The predicted octanol–water partition coefficient (Wildman–Crippen LogP) is 3.45. The van der Waals surface area contributed by atoms with E-state index >= 15 is 0 Å². The quantitative estimate of drug-likeness (QED) is 0.743. The maximum absolute atomic E-state index is 13.2. The molecule has 0 saturated carbocycles. The molecule has 0 amide bonds. The molecule has 0 aliphatic heterocycles. The summed E-state index contributed by atoms with van der Waals surface area (Å²) < 4.78 is 18.6. The zero-order valence-electron chi connectivity index (χ0n) is 11.3. The van der Waals surface area contributed by atoms with Crippen molar-refractivity contribution < 1.29 is 13.9 Å². The lowest BCUT2D eigenvalue weighted by Crippen LogP contribution is -2.26. The van der Waals surface area contributed by atoms with Gasteiger partial charge < -0.3 is 4.74 Å². The summed E-state index contributed by atoms with van der Waals surface area (Å²) in [4.78, 5) is 12.1. The molecule has 1 aromatic rings. The van der Waals surface area contributed by atoms with Crippen LogP contribution in [0.5, 0.6) is 0 Å². The molecule has 1 atom stereocenters. The number of carbonyl (C=O) groups is 1. The van der Waals surface area contributed by atoms with E-state index in [0.717, 1.165) is 24.0 Å². The summed E-state index contributed by atoms with van der Waals surface area (Å²) in [7, 11) is 0. The number of hydrogen-bond donors (Lipinski definition) is 0. The van der Waals surface area contributed by atoms with Crippen LogP contribution in [0.1, 0.15) is 37.8 Å². The monoisotopic (exact) mass is 252 g/mol. The molecule has 0 aliphatic rings. The van der Waals surface area contributed by atoms with Crippen molar-refractivity contribution in [3.8, 4) is 0 Å². The third kappa shape index (κ3) is 4.22. The first kappa shape index (κ1) is 14.8. The zero-order valence-corrected chi connectivity index (χ0v) is 11.3. The van der Waals surface area contributed by atoms with Gasteiger partial charge >= 0.3 is 0 Å². The van der Waals surface area contributed by atoms with Gasteiger partial charge in [-0.2, -0.15) is 0 Å². The molecule has 0 saturated heterocycles. The van der Waals surface area contributed by atoms with Crippen molar-refractivity contribution in [3.05, 3.63) is 35.1 Å². The van der Waals surface area contributed by atoms with Gasteiger partial charge in [-0.15, -0.1) is 0 Å².